The van der Waals surface area contributed by atoms with Gasteiger partial charge in [0.2, 0.25) is 5.91 Å². The Hall–Kier alpha value is -1.77. The van der Waals surface area contributed by atoms with Gasteiger partial charge in [-0.25, -0.2) is 9.97 Å². The first-order valence-electron chi connectivity index (χ1n) is 8.12. The Labute approximate surface area is 143 Å². The number of hydrogen-bond donors (Lipinski definition) is 1. The van der Waals surface area contributed by atoms with Crippen LogP contribution in [0.15, 0.2) is 6.07 Å². The molecule has 1 amide bonds. The maximum atomic E-state index is 11.9. The number of aromatic nitrogens is 2. The van der Waals surface area contributed by atoms with Gasteiger partial charge in [0.25, 0.3) is 0 Å². The number of methoxy groups -OCH3 is 1. The standard InChI is InChI=1S/C16H27N5O3/c1-12-18-13(9-15(19-12)17-5-7-23-4)14-10-21(6-8-24-14)11-16(22)20(2)3/h9,14H,5-8,10-11H2,1-4H3,(H,17,18,19). The molecule has 134 valence electrons. The highest BCUT2D eigenvalue weighted by Crippen LogP contribution is 2.22. The molecule has 0 aromatic carbocycles. The number of aryl methyl sites for hydroxylation is 1. The smallest absolute Gasteiger partial charge is 0.236 e. The molecule has 1 atom stereocenters. The first-order valence-corrected chi connectivity index (χ1v) is 8.12. The summed E-state index contributed by atoms with van der Waals surface area (Å²) in [5.41, 5.74) is 0.837. The van der Waals surface area contributed by atoms with E-state index in [-0.39, 0.29) is 12.0 Å². The number of amides is 1. The normalized spacial score (nSPS) is 18.4. The maximum absolute atomic E-state index is 11.9. The van der Waals surface area contributed by atoms with Gasteiger partial charge in [-0.3, -0.25) is 9.69 Å². The first-order chi connectivity index (χ1) is 11.5. The predicted molar refractivity (Wildman–Crippen MR) is 91.0 cm³/mol. The predicted octanol–water partition coefficient (Wildman–Crippen LogP) is 0.305. The van der Waals surface area contributed by atoms with Crippen molar-refractivity contribution in [1.29, 1.82) is 0 Å². The van der Waals surface area contributed by atoms with E-state index in [0.717, 1.165) is 18.1 Å². The van der Waals surface area contributed by atoms with Crippen molar-refractivity contribution in [2.75, 3.05) is 65.9 Å². The summed E-state index contributed by atoms with van der Waals surface area (Å²) in [5.74, 6) is 1.55. The van der Waals surface area contributed by atoms with E-state index in [4.69, 9.17) is 9.47 Å². The van der Waals surface area contributed by atoms with E-state index in [2.05, 4.69) is 20.2 Å². The van der Waals surface area contributed by atoms with Crippen molar-refractivity contribution in [2.45, 2.75) is 13.0 Å². The zero-order chi connectivity index (χ0) is 17.5. The minimum atomic E-state index is -0.154. The van der Waals surface area contributed by atoms with Crippen molar-refractivity contribution >= 4 is 11.7 Å². The van der Waals surface area contributed by atoms with E-state index >= 15 is 0 Å². The fourth-order valence-electron chi connectivity index (χ4n) is 2.49. The molecule has 0 spiro atoms. The lowest BCUT2D eigenvalue weighted by molar-refractivity contribution is -0.132. The number of carbonyl (C=O) groups excluding carboxylic acids is 1. The summed E-state index contributed by atoms with van der Waals surface area (Å²) < 4.78 is 10.9. The largest absolute Gasteiger partial charge is 0.383 e. The molecule has 1 aromatic heterocycles. The Bertz CT molecular complexity index is 553. The Balaban J connectivity index is 2.02. The summed E-state index contributed by atoms with van der Waals surface area (Å²) in [6, 6.07) is 1.91. The molecule has 1 aliphatic heterocycles. The van der Waals surface area contributed by atoms with Crippen LogP contribution in [0.1, 0.15) is 17.6 Å². The molecule has 1 aliphatic rings. The number of morpholine rings is 1. The highest BCUT2D eigenvalue weighted by Gasteiger charge is 2.25. The summed E-state index contributed by atoms with van der Waals surface area (Å²) in [6.45, 7) is 5.53. The molecule has 8 heteroatoms. The quantitative estimate of drug-likeness (QED) is 0.717. The van der Waals surface area contributed by atoms with Crippen molar-refractivity contribution in [2.24, 2.45) is 0 Å². The van der Waals surface area contributed by atoms with Gasteiger partial charge in [-0.2, -0.15) is 0 Å². The maximum Gasteiger partial charge on any atom is 0.236 e. The third-order valence-corrected chi connectivity index (χ3v) is 3.81. The number of rotatable bonds is 7. The van der Waals surface area contributed by atoms with Crippen LogP contribution in [-0.2, 0) is 14.3 Å². The van der Waals surface area contributed by atoms with Crippen LogP contribution in [0.25, 0.3) is 0 Å². The number of carbonyl (C=O) groups is 1. The van der Waals surface area contributed by atoms with Gasteiger partial charge in [0.05, 0.1) is 25.5 Å². The van der Waals surface area contributed by atoms with Crippen molar-refractivity contribution in [3.63, 3.8) is 0 Å². The molecule has 1 unspecified atom stereocenters. The fraction of sp³-hybridized carbons (Fsp3) is 0.688. The lowest BCUT2D eigenvalue weighted by Gasteiger charge is -2.32. The fourth-order valence-corrected chi connectivity index (χ4v) is 2.49. The van der Waals surface area contributed by atoms with Crippen LogP contribution in [0.5, 0.6) is 0 Å². The molecule has 1 aromatic rings. The van der Waals surface area contributed by atoms with Crippen LogP contribution in [0.2, 0.25) is 0 Å². The second-order valence-electron chi connectivity index (χ2n) is 6.03. The van der Waals surface area contributed by atoms with Gasteiger partial charge in [0.15, 0.2) is 0 Å². The topological polar surface area (TPSA) is 79.8 Å². The molecule has 0 aliphatic carbocycles. The summed E-state index contributed by atoms with van der Waals surface area (Å²) in [4.78, 5) is 24.5. The second kappa shape index (κ2) is 8.91. The molecule has 0 bridgehead atoms. The van der Waals surface area contributed by atoms with Crippen molar-refractivity contribution in [3.05, 3.63) is 17.6 Å². The average molecular weight is 337 g/mol. The summed E-state index contributed by atoms with van der Waals surface area (Å²) in [5, 5.41) is 3.22. The lowest BCUT2D eigenvalue weighted by atomic mass is 10.2. The molecule has 0 radical (unpaired) electrons. The third kappa shape index (κ3) is 5.40. The molecule has 24 heavy (non-hydrogen) atoms. The minimum absolute atomic E-state index is 0.0939. The van der Waals surface area contributed by atoms with Crippen LogP contribution in [-0.4, -0.2) is 86.3 Å². The monoisotopic (exact) mass is 337 g/mol. The number of anilines is 1. The van der Waals surface area contributed by atoms with Crippen LogP contribution < -0.4 is 5.32 Å². The molecule has 0 saturated carbocycles. The first kappa shape index (κ1) is 18.6. The lowest BCUT2D eigenvalue weighted by Crippen LogP contribution is -2.44. The van der Waals surface area contributed by atoms with Crippen molar-refractivity contribution in [1.82, 2.24) is 19.8 Å². The molecule has 2 rings (SSSR count). The number of likely N-dealkylation sites (N-methyl/N-ethyl adjacent to an activating group) is 1. The Morgan fingerprint density at radius 1 is 1.50 bits per heavy atom. The molecule has 8 nitrogen and oxygen atoms in total. The van der Waals surface area contributed by atoms with Gasteiger partial charge < -0.3 is 19.7 Å². The third-order valence-electron chi connectivity index (χ3n) is 3.81. The van der Waals surface area contributed by atoms with Crippen molar-refractivity contribution < 1.29 is 14.3 Å². The summed E-state index contributed by atoms with van der Waals surface area (Å²) in [7, 11) is 5.20. The SMILES string of the molecule is COCCNc1cc(C2CN(CC(=O)N(C)C)CCO2)nc(C)n1. The molecular formula is C16H27N5O3. The van der Waals surface area contributed by atoms with Crippen LogP contribution >= 0.6 is 0 Å². The van der Waals surface area contributed by atoms with E-state index in [0.29, 0.717) is 38.7 Å². The molecule has 1 N–H and O–H groups in total. The minimum Gasteiger partial charge on any atom is -0.383 e. The summed E-state index contributed by atoms with van der Waals surface area (Å²) >= 11 is 0. The van der Waals surface area contributed by atoms with Crippen LogP contribution in [0.4, 0.5) is 5.82 Å². The van der Waals surface area contributed by atoms with Crippen LogP contribution in [0.3, 0.4) is 0 Å². The number of hydrogen-bond acceptors (Lipinski definition) is 7. The van der Waals surface area contributed by atoms with Gasteiger partial charge in [0.1, 0.15) is 17.7 Å². The number of nitrogens with one attached hydrogen (secondary N) is 1. The van der Waals surface area contributed by atoms with Gasteiger partial charge in [0, 0.05) is 46.9 Å². The van der Waals surface area contributed by atoms with E-state index in [1.807, 2.05) is 13.0 Å². The van der Waals surface area contributed by atoms with Gasteiger partial charge in [-0.1, -0.05) is 0 Å². The zero-order valence-corrected chi connectivity index (χ0v) is 14.9. The number of nitrogens with zero attached hydrogens (tertiary/aromatic N) is 4. The summed E-state index contributed by atoms with van der Waals surface area (Å²) in [6.07, 6.45) is -0.154. The Morgan fingerprint density at radius 2 is 2.29 bits per heavy atom. The van der Waals surface area contributed by atoms with Crippen molar-refractivity contribution in [3.8, 4) is 0 Å². The molecule has 1 fully saturated rings. The van der Waals surface area contributed by atoms with Gasteiger partial charge in [-0.05, 0) is 6.92 Å². The second-order valence-corrected chi connectivity index (χ2v) is 6.03. The van der Waals surface area contributed by atoms with E-state index in [9.17, 15) is 4.79 Å². The molecule has 1 saturated heterocycles. The zero-order valence-electron chi connectivity index (χ0n) is 14.9. The van der Waals surface area contributed by atoms with E-state index < -0.39 is 0 Å². The Morgan fingerprint density at radius 3 is 3.00 bits per heavy atom. The van der Waals surface area contributed by atoms with E-state index in [1.54, 1.807) is 26.1 Å². The van der Waals surface area contributed by atoms with E-state index in [1.165, 1.54) is 0 Å². The van der Waals surface area contributed by atoms with Gasteiger partial charge in [-0.15, -0.1) is 0 Å². The Kier molecular flexibility index (Phi) is 6.89. The molecular weight excluding hydrogens is 310 g/mol. The number of ether oxygens (including phenoxy) is 2. The highest BCUT2D eigenvalue weighted by molar-refractivity contribution is 5.77. The molecule has 2 heterocycles. The van der Waals surface area contributed by atoms with Gasteiger partial charge >= 0.3 is 0 Å². The average Bonchev–Trinajstić information content (AvgIpc) is 2.55. The van der Waals surface area contributed by atoms with Crippen LogP contribution in [0, 0.1) is 6.92 Å². The highest BCUT2D eigenvalue weighted by atomic mass is 16.5.